The number of H-pyrrole nitrogens is 1. The topological polar surface area (TPSA) is 96.8 Å². The zero-order valence-electron chi connectivity index (χ0n) is 11.3. The Morgan fingerprint density at radius 3 is 2.95 bits per heavy atom. The van der Waals surface area contributed by atoms with Crippen molar-refractivity contribution in [2.45, 2.75) is 44.9 Å². The molecule has 0 radical (unpaired) electrons. The van der Waals surface area contributed by atoms with Crippen LogP contribution in [-0.4, -0.2) is 44.8 Å². The Morgan fingerprint density at radius 2 is 2.20 bits per heavy atom. The number of fused-ring (bicyclic) bond motifs is 1. The second-order valence-corrected chi connectivity index (χ2v) is 5.22. The molecule has 110 valence electrons. The first kappa shape index (κ1) is 13.5. The summed E-state index contributed by atoms with van der Waals surface area (Å²) in [6, 6.07) is -0.220. The SMILES string of the molecule is Cc1cn([C@H]2C[C@@H]3[C@@H](COC(C)N3O)O2)c(=O)[nH]c1=O. The fourth-order valence-electron chi connectivity index (χ4n) is 2.69. The van der Waals surface area contributed by atoms with E-state index in [4.69, 9.17) is 9.47 Å². The molecule has 2 N–H and O–H groups in total. The zero-order valence-corrected chi connectivity index (χ0v) is 11.3. The number of hydrogen-bond donors (Lipinski definition) is 2. The Balaban J connectivity index is 1.89. The minimum atomic E-state index is -0.517. The van der Waals surface area contributed by atoms with E-state index in [0.29, 0.717) is 18.6 Å². The van der Waals surface area contributed by atoms with Crippen LogP contribution in [0.15, 0.2) is 15.8 Å². The third-order valence-electron chi connectivity index (χ3n) is 3.87. The van der Waals surface area contributed by atoms with Crippen molar-refractivity contribution >= 4 is 0 Å². The predicted molar refractivity (Wildman–Crippen MR) is 67.4 cm³/mol. The summed E-state index contributed by atoms with van der Waals surface area (Å²) in [6.07, 6.45) is 0.736. The van der Waals surface area contributed by atoms with E-state index >= 15 is 0 Å². The molecule has 4 atom stereocenters. The monoisotopic (exact) mass is 283 g/mol. The van der Waals surface area contributed by atoms with Crippen molar-refractivity contribution in [1.29, 1.82) is 0 Å². The molecule has 2 aliphatic heterocycles. The van der Waals surface area contributed by atoms with Crippen LogP contribution in [0.5, 0.6) is 0 Å². The first-order valence-corrected chi connectivity index (χ1v) is 6.53. The molecule has 0 aromatic carbocycles. The summed E-state index contributed by atoms with van der Waals surface area (Å²) in [5, 5.41) is 11.1. The molecule has 0 aliphatic carbocycles. The second kappa shape index (κ2) is 4.81. The van der Waals surface area contributed by atoms with Crippen LogP contribution in [0.3, 0.4) is 0 Å². The van der Waals surface area contributed by atoms with Gasteiger partial charge < -0.3 is 14.7 Å². The third kappa shape index (κ3) is 2.10. The number of ether oxygens (including phenoxy) is 2. The van der Waals surface area contributed by atoms with E-state index in [2.05, 4.69) is 4.98 Å². The lowest BCUT2D eigenvalue weighted by Crippen LogP contribution is -2.51. The van der Waals surface area contributed by atoms with E-state index in [1.54, 1.807) is 13.8 Å². The average Bonchev–Trinajstić information content (AvgIpc) is 2.83. The lowest BCUT2D eigenvalue weighted by atomic mass is 10.1. The van der Waals surface area contributed by atoms with Crippen molar-refractivity contribution in [3.63, 3.8) is 0 Å². The fraction of sp³-hybridized carbons (Fsp3) is 0.667. The quantitative estimate of drug-likeness (QED) is 0.726. The Kier molecular flexibility index (Phi) is 3.25. The number of aryl methyl sites for hydroxylation is 1. The van der Waals surface area contributed by atoms with Crippen LogP contribution >= 0.6 is 0 Å². The summed E-state index contributed by atoms with van der Waals surface area (Å²) >= 11 is 0. The van der Waals surface area contributed by atoms with E-state index < -0.39 is 23.7 Å². The standard InChI is InChI=1S/C12H17N3O5/c1-6-4-14(12(17)13-11(6)16)10-3-8-9(20-10)5-19-7(2)15(8)18/h4,7-10,18H,3,5H2,1-2H3,(H,13,16,17)/t7?,8-,9-,10-/m1/s1. The van der Waals surface area contributed by atoms with E-state index in [0.717, 1.165) is 5.06 Å². The second-order valence-electron chi connectivity index (χ2n) is 5.22. The lowest BCUT2D eigenvalue weighted by Gasteiger charge is -2.36. The number of aromatic nitrogens is 2. The number of hydrogen-bond acceptors (Lipinski definition) is 6. The maximum atomic E-state index is 11.9. The smallest absolute Gasteiger partial charge is 0.330 e. The molecule has 2 saturated heterocycles. The van der Waals surface area contributed by atoms with Gasteiger partial charge in [0.15, 0.2) is 0 Å². The fourth-order valence-corrected chi connectivity index (χ4v) is 2.69. The van der Waals surface area contributed by atoms with Crippen LogP contribution in [0.25, 0.3) is 0 Å². The van der Waals surface area contributed by atoms with Gasteiger partial charge in [0, 0.05) is 18.2 Å². The minimum absolute atomic E-state index is 0.220. The van der Waals surface area contributed by atoms with Gasteiger partial charge in [0.1, 0.15) is 18.6 Å². The molecule has 0 bridgehead atoms. The van der Waals surface area contributed by atoms with Gasteiger partial charge in [-0.25, -0.2) is 4.79 Å². The van der Waals surface area contributed by atoms with Gasteiger partial charge in [-0.1, -0.05) is 0 Å². The highest BCUT2D eigenvalue weighted by molar-refractivity contribution is 5.02. The summed E-state index contributed by atoms with van der Waals surface area (Å²) in [6.45, 7) is 3.75. The normalized spacial score (nSPS) is 34.1. The Morgan fingerprint density at radius 1 is 1.45 bits per heavy atom. The van der Waals surface area contributed by atoms with Crippen LogP contribution in [0, 0.1) is 6.92 Å². The summed E-state index contributed by atoms with van der Waals surface area (Å²) in [5.74, 6) is 0. The maximum Gasteiger partial charge on any atom is 0.330 e. The third-order valence-corrected chi connectivity index (χ3v) is 3.87. The zero-order chi connectivity index (χ0) is 14.4. The molecule has 1 aromatic heterocycles. The van der Waals surface area contributed by atoms with Gasteiger partial charge in [-0.05, 0) is 13.8 Å². The number of rotatable bonds is 1. The average molecular weight is 283 g/mol. The summed E-state index contributed by atoms with van der Waals surface area (Å²) in [7, 11) is 0. The predicted octanol–water partition coefficient (Wildman–Crippen LogP) is -0.431. The van der Waals surface area contributed by atoms with Crippen LogP contribution in [0.2, 0.25) is 0 Å². The van der Waals surface area contributed by atoms with Crippen molar-refractivity contribution in [2.75, 3.05) is 6.61 Å². The Hall–Kier alpha value is -1.48. The van der Waals surface area contributed by atoms with Crippen LogP contribution < -0.4 is 11.2 Å². The molecule has 3 heterocycles. The highest BCUT2D eigenvalue weighted by atomic mass is 16.6. The number of aromatic amines is 1. The summed E-state index contributed by atoms with van der Waals surface area (Å²) < 4.78 is 12.5. The lowest BCUT2D eigenvalue weighted by molar-refractivity contribution is -0.278. The molecular formula is C12H17N3O5. The molecule has 3 rings (SSSR count). The molecule has 2 fully saturated rings. The molecule has 0 saturated carbocycles. The van der Waals surface area contributed by atoms with Crippen molar-refractivity contribution < 1.29 is 14.7 Å². The van der Waals surface area contributed by atoms with Gasteiger partial charge in [-0.15, -0.1) is 0 Å². The van der Waals surface area contributed by atoms with Crippen LogP contribution in [-0.2, 0) is 9.47 Å². The molecule has 20 heavy (non-hydrogen) atoms. The van der Waals surface area contributed by atoms with E-state index in [1.165, 1.54) is 10.8 Å². The molecular weight excluding hydrogens is 266 g/mol. The molecule has 8 heteroatoms. The van der Waals surface area contributed by atoms with Gasteiger partial charge in [-0.3, -0.25) is 14.3 Å². The molecule has 8 nitrogen and oxygen atoms in total. The van der Waals surface area contributed by atoms with Gasteiger partial charge in [0.05, 0.1) is 12.6 Å². The van der Waals surface area contributed by atoms with Crippen molar-refractivity contribution in [2.24, 2.45) is 0 Å². The number of hydroxylamine groups is 2. The van der Waals surface area contributed by atoms with Gasteiger partial charge in [0.25, 0.3) is 5.56 Å². The van der Waals surface area contributed by atoms with Gasteiger partial charge >= 0.3 is 5.69 Å². The molecule has 0 spiro atoms. The highest BCUT2D eigenvalue weighted by Crippen LogP contribution is 2.34. The molecule has 1 unspecified atom stereocenters. The summed E-state index contributed by atoms with van der Waals surface area (Å²) in [4.78, 5) is 25.5. The van der Waals surface area contributed by atoms with Crippen molar-refractivity contribution in [3.8, 4) is 0 Å². The Bertz CT molecular complexity index is 624. The minimum Gasteiger partial charge on any atom is -0.359 e. The maximum absolute atomic E-state index is 11.9. The first-order valence-electron chi connectivity index (χ1n) is 6.53. The van der Waals surface area contributed by atoms with Crippen molar-refractivity contribution in [3.05, 3.63) is 32.6 Å². The van der Waals surface area contributed by atoms with Crippen molar-refractivity contribution in [1.82, 2.24) is 14.6 Å². The van der Waals surface area contributed by atoms with E-state index in [9.17, 15) is 14.8 Å². The number of nitrogens with zero attached hydrogens (tertiary/aromatic N) is 2. The number of nitrogens with one attached hydrogen (secondary N) is 1. The molecule has 1 aromatic rings. The largest absolute Gasteiger partial charge is 0.359 e. The van der Waals surface area contributed by atoms with E-state index in [-0.39, 0.29) is 12.1 Å². The molecule has 0 amide bonds. The first-order chi connectivity index (χ1) is 9.47. The van der Waals surface area contributed by atoms with E-state index in [1.807, 2.05) is 0 Å². The highest BCUT2D eigenvalue weighted by Gasteiger charge is 2.44. The van der Waals surface area contributed by atoms with Gasteiger partial charge in [-0.2, -0.15) is 5.06 Å². The van der Waals surface area contributed by atoms with Gasteiger partial charge in [0.2, 0.25) is 0 Å². The van der Waals surface area contributed by atoms with Crippen LogP contribution in [0.1, 0.15) is 25.1 Å². The Labute approximate surface area is 114 Å². The summed E-state index contributed by atoms with van der Waals surface area (Å²) in [5.41, 5.74) is -0.473. The van der Waals surface area contributed by atoms with Crippen LogP contribution in [0.4, 0.5) is 0 Å². The molecule has 2 aliphatic rings.